The van der Waals surface area contributed by atoms with Crippen molar-refractivity contribution in [2.75, 3.05) is 0 Å². The Bertz CT molecular complexity index is 1540. The summed E-state index contributed by atoms with van der Waals surface area (Å²) in [6.07, 6.45) is -2.70. The van der Waals surface area contributed by atoms with E-state index in [-0.39, 0.29) is 67.3 Å². The van der Waals surface area contributed by atoms with E-state index in [1.165, 1.54) is 24.3 Å². The molecule has 7 nitrogen and oxygen atoms in total. The van der Waals surface area contributed by atoms with E-state index in [1.54, 1.807) is 24.3 Å². The first kappa shape index (κ1) is 35.1. The van der Waals surface area contributed by atoms with Gasteiger partial charge in [-0.1, -0.05) is 54.6 Å². The maximum Gasteiger partial charge on any atom is 1.00 e. The number of aliphatic hydroxyl groups is 2. The molecule has 0 aliphatic rings. The van der Waals surface area contributed by atoms with Crippen molar-refractivity contribution in [1.29, 1.82) is 0 Å². The maximum atomic E-state index is 14.0. The SMILES string of the molecule is CC(C)n1c(CC[C@@H](O)C[C@@H](O)CC(=O)[O-])c(-c2ccc(F)cc2)c(-c2ccc(F)cc2)c1C(=O)NCc1ccccc1.[Na+]. The molecule has 0 unspecified atom stereocenters. The standard InChI is InChI=1S/C34H36F2N2O5.Na/c1-21(2)38-29(17-16-27(39)18-28(40)19-30(41)42)31(23-8-12-25(35)13-9-23)32(24-10-14-26(36)15-11-24)33(38)34(43)37-20-22-6-4-3-5-7-22;/h3-15,21,27-28,39-40H,16-20H2,1-2H3,(H,37,43)(H,41,42);/q;+1/p-1/t27-,28-;/m1./s1. The van der Waals surface area contributed by atoms with Gasteiger partial charge < -0.3 is 30.0 Å². The molecule has 0 aliphatic heterocycles. The molecule has 0 radical (unpaired) electrons. The van der Waals surface area contributed by atoms with Crippen molar-refractivity contribution < 1.29 is 63.2 Å². The van der Waals surface area contributed by atoms with E-state index in [9.17, 15) is 33.7 Å². The van der Waals surface area contributed by atoms with E-state index in [4.69, 9.17) is 0 Å². The Hall–Kier alpha value is -3.34. The predicted molar refractivity (Wildman–Crippen MR) is 158 cm³/mol. The number of carbonyl (C=O) groups excluding carboxylic acids is 2. The molecule has 0 fully saturated rings. The third kappa shape index (κ3) is 8.86. The van der Waals surface area contributed by atoms with Crippen LogP contribution in [0.1, 0.15) is 60.9 Å². The molecular weight excluding hydrogens is 577 g/mol. The van der Waals surface area contributed by atoms with Gasteiger partial charge in [0.2, 0.25) is 0 Å². The van der Waals surface area contributed by atoms with Crippen molar-refractivity contribution in [2.24, 2.45) is 0 Å². The Labute approximate surface area is 277 Å². The molecule has 10 heteroatoms. The average Bonchev–Trinajstić information content (AvgIpc) is 3.31. The van der Waals surface area contributed by atoms with Crippen LogP contribution in [0, 0.1) is 11.6 Å². The molecule has 3 N–H and O–H groups in total. The Morgan fingerprint density at radius 2 is 1.39 bits per heavy atom. The summed E-state index contributed by atoms with van der Waals surface area (Å²) in [6, 6.07) is 20.9. The molecule has 0 spiro atoms. The summed E-state index contributed by atoms with van der Waals surface area (Å²) < 4.78 is 29.9. The molecule has 1 aromatic heterocycles. The molecule has 0 bridgehead atoms. The summed E-state index contributed by atoms with van der Waals surface area (Å²) in [6.45, 7) is 4.10. The van der Waals surface area contributed by atoms with Crippen molar-refractivity contribution in [3.63, 3.8) is 0 Å². The van der Waals surface area contributed by atoms with E-state index >= 15 is 0 Å². The molecule has 0 saturated heterocycles. The number of hydrogen-bond donors (Lipinski definition) is 3. The molecular formula is C34H35F2N2NaO5. The van der Waals surface area contributed by atoms with E-state index in [1.807, 2.05) is 48.7 Å². The first-order valence-electron chi connectivity index (χ1n) is 14.2. The minimum atomic E-state index is -1.41. The van der Waals surface area contributed by atoms with Gasteiger partial charge in [-0.15, -0.1) is 0 Å². The Balaban J connectivity index is 0.00000529. The van der Waals surface area contributed by atoms with Crippen LogP contribution in [0.4, 0.5) is 8.78 Å². The van der Waals surface area contributed by atoms with Crippen LogP contribution in [-0.4, -0.2) is 38.9 Å². The number of aliphatic hydroxyl groups excluding tert-OH is 2. The van der Waals surface area contributed by atoms with Crippen LogP contribution in [0.3, 0.4) is 0 Å². The fraction of sp³-hybridized carbons (Fsp3) is 0.294. The van der Waals surface area contributed by atoms with Crippen molar-refractivity contribution in [2.45, 2.75) is 64.3 Å². The second-order valence-corrected chi connectivity index (χ2v) is 10.8. The van der Waals surface area contributed by atoms with Crippen LogP contribution >= 0.6 is 0 Å². The molecule has 2 atom stereocenters. The summed E-state index contributed by atoms with van der Waals surface area (Å²) in [4.78, 5) is 24.9. The number of aromatic nitrogens is 1. The number of carboxylic acid groups (broad SMARTS) is 1. The zero-order chi connectivity index (χ0) is 31.1. The van der Waals surface area contributed by atoms with Crippen LogP contribution in [0.15, 0.2) is 78.9 Å². The molecule has 0 saturated carbocycles. The normalized spacial score (nSPS) is 12.4. The molecule has 0 aliphatic carbocycles. The zero-order valence-electron chi connectivity index (χ0n) is 25.1. The Morgan fingerprint density at radius 1 is 0.841 bits per heavy atom. The second-order valence-electron chi connectivity index (χ2n) is 10.8. The molecule has 4 rings (SSSR count). The van der Waals surface area contributed by atoms with Crippen molar-refractivity contribution in [1.82, 2.24) is 9.88 Å². The van der Waals surface area contributed by atoms with Crippen molar-refractivity contribution >= 4 is 11.9 Å². The van der Waals surface area contributed by atoms with E-state index in [0.29, 0.717) is 33.6 Å². The number of halogens is 2. The summed E-state index contributed by atoms with van der Waals surface area (Å²) in [5.74, 6) is -2.66. The van der Waals surface area contributed by atoms with Crippen LogP contribution in [0.25, 0.3) is 22.3 Å². The number of aliphatic carboxylic acids is 1. The van der Waals surface area contributed by atoms with Gasteiger partial charge in [0.1, 0.15) is 17.3 Å². The maximum absolute atomic E-state index is 14.0. The topological polar surface area (TPSA) is 115 Å². The molecule has 3 aromatic carbocycles. The van der Waals surface area contributed by atoms with Gasteiger partial charge in [0.05, 0.1) is 12.2 Å². The van der Waals surface area contributed by atoms with Gasteiger partial charge in [-0.05, 0) is 74.1 Å². The smallest absolute Gasteiger partial charge is 0.550 e. The van der Waals surface area contributed by atoms with Gasteiger partial charge in [0.15, 0.2) is 0 Å². The predicted octanol–water partition coefficient (Wildman–Crippen LogP) is 1.80. The molecule has 44 heavy (non-hydrogen) atoms. The molecule has 4 aromatic rings. The average molecular weight is 613 g/mol. The van der Waals surface area contributed by atoms with Crippen LogP contribution in [0.5, 0.6) is 0 Å². The number of carbonyl (C=O) groups is 2. The van der Waals surface area contributed by atoms with Gasteiger partial charge in [-0.3, -0.25) is 4.79 Å². The molecule has 1 heterocycles. The van der Waals surface area contributed by atoms with Crippen molar-refractivity contribution in [3.8, 4) is 22.3 Å². The van der Waals surface area contributed by atoms with E-state index in [2.05, 4.69) is 5.32 Å². The number of carboxylic acids is 1. The van der Waals surface area contributed by atoms with E-state index in [0.717, 1.165) is 5.56 Å². The van der Waals surface area contributed by atoms with Gasteiger partial charge in [0, 0.05) is 41.8 Å². The summed E-state index contributed by atoms with van der Waals surface area (Å²) in [5, 5.41) is 34.6. The minimum absolute atomic E-state index is 0. The van der Waals surface area contributed by atoms with Gasteiger partial charge in [0.25, 0.3) is 5.91 Å². The van der Waals surface area contributed by atoms with Crippen LogP contribution in [0.2, 0.25) is 0 Å². The molecule has 1 amide bonds. The van der Waals surface area contributed by atoms with Crippen LogP contribution in [-0.2, 0) is 17.8 Å². The van der Waals surface area contributed by atoms with Gasteiger partial charge in [-0.2, -0.15) is 0 Å². The van der Waals surface area contributed by atoms with Crippen molar-refractivity contribution in [3.05, 3.63) is 107 Å². The zero-order valence-corrected chi connectivity index (χ0v) is 27.1. The first-order chi connectivity index (χ1) is 20.5. The number of nitrogens with zero attached hydrogens (tertiary/aromatic N) is 1. The largest absolute Gasteiger partial charge is 1.00 e. The summed E-state index contributed by atoms with van der Waals surface area (Å²) in [7, 11) is 0. The second kappa shape index (κ2) is 16.1. The number of hydrogen-bond acceptors (Lipinski definition) is 5. The first-order valence-corrected chi connectivity index (χ1v) is 14.2. The van der Waals surface area contributed by atoms with Crippen LogP contribution < -0.4 is 40.0 Å². The molecule has 226 valence electrons. The fourth-order valence-corrected chi connectivity index (χ4v) is 5.37. The number of benzene rings is 3. The summed E-state index contributed by atoms with van der Waals surface area (Å²) in [5.41, 5.74) is 4.28. The number of amides is 1. The van der Waals surface area contributed by atoms with Gasteiger partial charge in [-0.25, -0.2) is 8.78 Å². The summed E-state index contributed by atoms with van der Waals surface area (Å²) >= 11 is 0. The third-order valence-corrected chi connectivity index (χ3v) is 7.26. The Kier molecular flexibility index (Phi) is 12.9. The number of rotatable bonds is 13. The monoisotopic (exact) mass is 612 g/mol. The van der Waals surface area contributed by atoms with Gasteiger partial charge >= 0.3 is 29.6 Å². The number of nitrogens with one attached hydrogen (secondary N) is 1. The van der Waals surface area contributed by atoms with E-state index < -0.39 is 36.2 Å². The third-order valence-electron chi connectivity index (χ3n) is 7.26. The fourth-order valence-electron chi connectivity index (χ4n) is 5.37. The minimum Gasteiger partial charge on any atom is -0.550 e. The quantitative estimate of drug-likeness (QED) is 0.199. The Morgan fingerprint density at radius 3 is 1.91 bits per heavy atom.